The summed E-state index contributed by atoms with van der Waals surface area (Å²) in [5.41, 5.74) is 1.05. The summed E-state index contributed by atoms with van der Waals surface area (Å²) in [5, 5.41) is 4.93. The number of carbonyl (C=O) groups is 1. The van der Waals surface area contributed by atoms with E-state index in [0.29, 0.717) is 24.5 Å². The monoisotopic (exact) mass is 308 g/mol. The Hall–Kier alpha value is -1.66. The van der Waals surface area contributed by atoms with E-state index >= 15 is 0 Å². The maximum absolute atomic E-state index is 11.8. The minimum absolute atomic E-state index is 0.309. The zero-order valence-corrected chi connectivity index (χ0v) is 13.4. The summed E-state index contributed by atoms with van der Waals surface area (Å²) >= 11 is 1.61. The van der Waals surface area contributed by atoms with E-state index < -0.39 is 5.97 Å². The van der Waals surface area contributed by atoms with Crippen LogP contribution in [0.3, 0.4) is 0 Å². The molecule has 0 N–H and O–H groups in total. The van der Waals surface area contributed by atoms with E-state index in [1.165, 1.54) is 0 Å². The second-order valence-corrected chi connectivity index (χ2v) is 6.05. The fourth-order valence-electron chi connectivity index (χ4n) is 1.78. The first kappa shape index (κ1) is 15.7. The van der Waals surface area contributed by atoms with Crippen LogP contribution in [0.1, 0.15) is 24.6 Å². The Bertz CT molecular complexity index is 561. The molecular formula is C15H20N2O3S. The van der Waals surface area contributed by atoms with Gasteiger partial charge in [0.25, 0.3) is 0 Å². The summed E-state index contributed by atoms with van der Waals surface area (Å²) in [6.07, 6.45) is 3.89. The van der Waals surface area contributed by atoms with Gasteiger partial charge in [-0.25, -0.2) is 4.79 Å². The highest BCUT2D eigenvalue weighted by Crippen LogP contribution is 2.27. The van der Waals surface area contributed by atoms with Crippen LogP contribution < -0.4 is 4.90 Å². The highest BCUT2D eigenvalue weighted by Gasteiger charge is 2.25. The van der Waals surface area contributed by atoms with Crippen LogP contribution in [0.4, 0.5) is 5.00 Å². The van der Waals surface area contributed by atoms with Gasteiger partial charge in [0.1, 0.15) is 5.71 Å². The van der Waals surface area contributed by atoms with E-state index in [1.54, 1.807) is 11.3 Å². The van der Waals surface area contributed by atoms with Crippen molar-refractivity contribution in [1.82, 2.24) is 0 Å². The molecule has 0 amide bonds. The number of thiophene rings is 1. The molecule has 0 spiro atoms. The van der Waals surface area contributed by atoms with Gasteiger partial charge in [0.2, 0.25) is 0 Å². The molecule has 0 unspecified atom stereocenters. The number of oxime groups is 1. The molecule has 0 fully saturated rings. The molecule has 1 aromatic heterocycles. The standard InChI is InChI=1S/C15H20N2O3S/c1-4-5-8-19-10-13-12(15(18)20-16-13)9-11-6-7-14(21-11)17(2)3/h6-7,9H,4-5,8,10H2,1-3H3/b12-9+. The van der Waals surface area contributed by atoms with Gasteiger partial charge in [-0.1, -0.05) is 18.5 Å². The number of ether oxygens (including phenoxy) is 1. The lowest BCUT2D eigenvalue weighted by Gasteiger charge is -2.06. The van der Waals surface area contributed by atoms with Crippen molar-refractivity contribution in [3.8, 4) is 0 Å². The lowest BCUT2D eigenvalue weighted by atomic mass is 10.1. The van der Waals surface area contributed by atoms with Crippen LogP contribution in [-0.2, 0) is 14.4 Å². The SMILES string of the molecule is CCCCOCC1=NOC(=O)/C1=C/c1ccc(N(C)C)s1. The van der Waals surface area contributed by atoms with Crippen LogP contribution >= 0.6 is 11.3 Å². The number of nitrogens with zero attached hydrogens (tertiary/aromatic N) is 2. The average Bonchev–Trinajstić information content (AvgIpc) is 3.05. The first-order chi connectivity index (χ1) is 10.1. The molecule has 6 heteroatoms. The van der Waals surface area contributed by atoms with Crippen molar-refractivity contribution in [3.63, 3.8) is 0 Å². The topological polar surface area (TPSA) is 51.1 Å². The van der Waals surface area contributed by atoms with Crippen LogP contribution in [-0.4, -0.2) is 39.0 Å². The first-order valence-corrected chi connectivity index (χ1v) is 7.78. The van der Waals surface area contributed by atoms with Gasteiger partial charge in [-0.3, -0.25) is 0 Å². The summed E-state index contributed by atoms with van der Waals surface area (Å²) in [7, 11) is 3.97. The molecule has 0 saturated heterocycles. The van der Waals surface area contributed by atoms with Gasteiger partial charge < -0.3 is 14.5 Å². The Morgan fingerprint density at radius 3 is 2.90 bits per heavy atom. The molecule has 0 atom stereocenters. The second kappa shape index (κ2) is 7.38. The Labute approximate surface area is 128 Å². The molecule has 0 radical (unpaired) electrons. The summed E-state index contributed by atoms with van der Waals surface area (Å²) in [4.78, 5) is 19.5. The fourth-order valence-corrected chi connectivity index (χ4v) is 2.65. The molecule has 114 valence electrons. The smallest absolute Gasteiger partial charge is 0.367 e. The predicted octanol–water partition coefficient (Wildman–Crippen LogP) is 2.93. The normalized spacial score (nSPS) is 16.2. The summed E-state index contributed by atoms with van der Waals surface area (Å²) in [6, 6.07) is 4.00. The molecule has 2 rings (SSSR count). The lowest BCUT2D eigenvalue weighted by Crippen LogP contribution is -2.12. The third kappa shape index (κ3) is 4.15. The molecule has 0 bridgehead atoms. The minimum Gasteiger partial charge on any atom is -0.375 e. The van der Waals surface area contributed by atoms with Crippen LogP contribution in [0.15, 0.2) is 22.9 Å². The zero-order chi connectivity index (χ0) is 15.2. The Morgan fingerprint density at radius 1 is 1.43 bits per heavy atom. The van der Waals surface area contributed by atoms with Gasteiger partial charge in [-0.15, -0.1) is 11.3 Å². The van der Waals surface area contributed by atoms with E-state index in [-0.39, 0.29) is 0 Å². The van der Waals surface area contributed by atoms with Crippen molar-refractivity contribution in [3.05, 3.63) is 22.6 Å². The third-order valence-corrected chi connectivity index (χ3v) is 4.19. The number of hydrogen-bond acceptors (Lipinski definition) is 6. The van der Waals surface area contributed by atoms with Crippen molar-refractivity contribution in [1.29, 1.82) is 0 Å². The van der Waals surface area contributed by atoms with Gasteiger partial charge in [-0.05, 0) is 24.6 Å². The Balaban J connectivity index is 2.05. The highest BCUT2D eigenvalue weighted by molar-refractivity contribution is 7.17. The molecule has 2 heterocycles. The molecule has 1 aliphatic rings. The van der Waals surface area contributed by atoms with Crippen LogP contribution in [0, 0.1) is 0 Å². The number of rotatable bonds is 7. The quantitative estimate of drug-likeness (QED) is 0.441. The first-order valence-electron chi connectivity index (χ1n) is 6.97. The maximum atomic E-state index is 11.8. The third-order valence-electron chi connectivity index (χ3n) is 2.99. The molecule has 1 aliphatic heterocycles. The summed E-state index contributed by atoms with van der Waals surface area (Å²) in [5.74, 6) is -0.413. The molecule has 21 heavy (non-hydrogen) atoms. The Morgan fingerprint density at radius 2 is 2.24 bits per heavy atom. The van der Waals surface area contributed by atoms with Crippen LogP contribution in [0.25, 0.3) is 6.08 Å². The van der Waals surface area contributed by atoms with Crippen molar-refractivity contribution in [2.75, 3.05) is 32.2 Å². The number of carbonyl (C=O) groups excluding carboxylic acids is 1. The molecule has 5 nitrogen and oxygen atoms in total. The fraction of sp³-hybridized carbons (Fsp3) is 0.467. The van der Waals surface area contributed by atoms with Gasteiger partial charge in [0, 0.05) is 25.6 Å². The van der Waals surface area contributed by atoms with Crippen LogP contribution in [0.2, 0.25) is 0 Å². The van der Waals surface area contributed by atoms with Gasteiger partial charge in [0.05, 0.1) is 17.2 Å². The molecule has 1 aromatic rings. The van der Waals surface area contributed by atoms with Gasteiger partial charge in [0.15, 0.2) is 0 Å². The number of anilines is 1. The summed E-state index contributed by atoms with van der Waals surface area (Å²) in [6.45, 7) is 3.08. The van der Waals surface area contributed by atoms with E-state index in [1.807, 2.05) is 37.2 Å². The average molecular weight is 308 g/mol. The van der Waals surface area contributed by atoms with Crippen molar-refractivity contribution in [2.24, 2.45) is 5.16 Å². The largest absolute Gasteiger partial charge is 0.375 e. The molecular weight excluding hydrogens is 288 g/mol. The van der Waals surface area contributed by atoms with E-state index in [9.17, 15) is 4.79 Å². The number of unbranched alkanes of at least 4 members (excludes halogenated alkanes) is 1. The van der Waals surface area contributed by atoms with E-state index in [2.05, 4.69) is 12.1 Å². The summed E-state index contributed by atoms with van der Waals surface area (Å²) < 4.78 is 5.51. The second-order valence-electron chi connectivity index (χ2n) is 4.95. The van der Waals surface area contributed by atoms with Gasteiger partial charge in [-0.2, -0.15) is 0 Å². The van der Waals surface area contributed by atoms with E-state index in [4.69, 9.17) is 9.57 Å². The highest BCUT2D eigenvalue weighted by atomic mass is 32.1. The predicted molar refractivity (Wildman–Crippen MR) is 85.9 cm³/mol. The Kier molecular flexibility index (Phi) is 5.52. The maximum Gasteiger partial charge on any atom is 0.367 e. The van der Waals surface area contributed by atoms with Gasteiger partial charge >= 0.3 is 5.97 Å². The molecule has 0 aromatic carbocycles. The van der Waals surface area contributed by atoms with E-state index in [0.717, 1.165) is 22.7 Å². The molecule has 0 aliphatic carbocycles. The molecule has 0 saturated carbocycles. The van der Waals surface area contributed by atoms with Crippen molar-refractivity contribution in [2.45, 2.75) is 19.8 Å². The van der Waals surface area contributed by atoms with Crippen molar-refractivity contribution >= 4 is 34.1 Å². The zero-order valence-electron chi connectivity index (χ0n) is 12.6. The lowest BCUT2D eigenvalue weighted by molar-refractivity contribution is -0.136. The minimum atomic E-state index is -0.413. The van der Waals surface area contributed by atoms with Crippen LogP contribution in [0.5, 0.6) is 0 Å². The van der Waals surface area contributed by atoms with Crippen molar-refractivity contribution < 1.29 is 14.4 Å². The number of hydrogen-bond donors (Lipinski definition) is 0.